The molecule has 0 fully saturated rings. The van der Waals surface area contributed by atoms with Gasteiger partial charge in [-0.3, -0.25) is 4.79 Å². The maximum atomic E-state index is 12.1. The lowest BCUT2D eigenvalue weighted by molar-refractivity contribution is -0.128. The Morgan fingerprint density at radius 1 is 1.36 bits per heavy atom. The largest absolute Gasteiger partial charge is 0.369 e. The van der Waals surface area contributed by atoms with E-state index in [0.717, 1.165) is 29.8 Å². The molecular weight excluding hydrogens is 360 g/mol. The van der Waals surface area contributed by atoms with Crippen LogP contribution in [0.5, 0.6) is 0 Å². The van der Waals surface area contributed by atoms with Crippen LogP contribution in [0.4, 0.5) is 5.82 Å². The van der Waals surface area contributed by atoms with Crippen LogP contribution in [0.15, 0.2) is 11.4 Å². The summed E-state index contributed by atoms with van der Waals surface area (Å²) in [6, 6.07) is 0. The molecular formula is C16H25ClN6OS. The van der Waals surface area contributed by atoms with Gasteiger partial charge in [-0.15, -0.1) is 11.6 Å². The highest BCUT2D eigenvalue weighted by molar-refractivity contribution is 7.98. The van der Waals surface area contributed by atoms with Crippen LogP contribution >= 0.6 is 23.4 Å². The van der Waals surface area contributed by atoms with E-state index in [1.165, 1.54) is 11.8 Å². The summed E-state index contributed by atoms with van der Waals surface area (Å²) in [6.45, 7) is 7.59. The number of hydrogen-bond acceptors (Lipinski definition) is 6. The van der Waals surface area contributed by atoms with Gasteiger partial charge in [-0.05, 0) is 26.5 Å². The van der Waals surface area contributed by atoms with Gasteiger partial charge in [0.2, 0.25) is 5.91 Å². The fourth-order valence-electron chi connectivity index (χ4n) is 2.14. The molecule has 0 aliphatic rings. The van der Waals surface area contributed by atoms with E-state index in [9.17, 15) is 4.79 Å². The normalized spacial score (nSPS) is 11.7. The van der Waals surface area contributed by atoms with Crippen LogP contribution in [-0.2, 0) is 11.3 Å². The van der Waals surface area contributed by atoms with Crippen molar-refractivity contribution >= 4 is 46.1 Å². The topological polar surface area (TPSA) is 84.7 Å². The van der Waals surface area contributed by atoms with E-state index in [1.54, 1.807) is 10.9 Å². The molecule has 0 aliphatic carbocycles. The molecule has 2 rings (SSSR count). The number of rotatable bonds is 9. The Kier molecular flexibility index (Phi) is 6.89. The summed E-state index contributed by atoms with van der Waals surface area (Å²) >= 11 is 7.32. The van der Waals surface area contributed by atoms with Crippen molar-refractivity contribution in [1.82, 2.24) is 25.1 Å². The van der Waals surface area contributed by atoms with E-state index in [2.05, 4.69) is 32.6 Å². The second kappa shape index (κ2) is 8.71. The molecule has 0 bridgehead atoms. The molecule has 1 amide bonds. The maximum Gasteiger partial charge on any atom is 0.226 e. The molecule has 0 unspecified atom stereocenters. The summed E-state index contributed by atoms with van der Waals surface area (Å²) < 4.78 is 1.79. The highest BCUT2D eigenvalue weighted by atomic mass is 35.5. The summed E-state index contributed by atoms with van der Waals surface area (Å²) in [5.41, 5.74) is 0.183. The van der Waals surface area contributed by atoms with Crippen molar-refractivity contribution in [2.24, 2.45) is 5.41 Å². The second-order valence-electron chi connectivity index (χ2n) is 6.36. The average molecular weight is 385 g/mol. The van der Waals surface area contributed by atoms with Crippen molar-refractivity contribution in [3.05, 3.63) is 6.20 Å². The van der Waals surface area contributed by atoms with Crippen LogP contribution in [0.3, 0.4) is 0 Å². The number of halogens is 1. The van der Waals surface area contributed by atoms with Crippen LogP contribution in [0.25, 0.3) is 11.0 Å². The van der Waals surface area contributed by atoms with E-state index in [4.69, 9.17) is 11.6 Å². The Bertz CT molecular complexity index is 733. The molecule has 0 radical (unpaired) electrons. The number of alkyl halides is 1. The lowest BCUT2D eigenvalue weighted by atomic mass is 9.95. The minimum atomic E-state index is -0.584. The molecule has 0 saturated heterocycles. The molecule has 0 saturated carbocycles. The zero-order valence-corrected chi connectivity index (χ0v) is 16.7. The first-order valence-corrected chi connectivity index (χ1v) is 10.0. The number of fused-ring (bicyclic) bond motifs is 1. The van der Waals surface area contributed by atoms with E-state index in [0.29, 0.717) is 18.2 Å². The van der Waals surface area contributed by atoms with Crippen molar-refractivity contribution in [3.63, 3.8) is 0 Å². The molecule has 7 nitrogen and oxygen atoms in total. The Morgan fingerprint density at radius 2 is 2.12 bits per heavy atom. The monoisotopic (exact) mass is 384 g/mol. The number of carbonyl (C=O) groups is 1. The smallest absolute Gasteiger partial charge is 0.226 e. The minimum Gasteiger partial charge on any atom is -0.369 e. The maximum absolute atomic E-state index is 12.1. The zero-order chi connectivity index (χ0) is 18.4. The molecule has 138 valence electrons. The zero-order valence-electron chi connectivity index (χ0n) is 15.1. The minimum absolute atomic E-state index is 0.0660. The highest BCUT2D eigenvalue weighted by Gasteiger charge is 2.26. The van der Waals surface area contributed by atoms with Gasteiger partial charge < -0.3 is 10.6 Å². The third kappa shape index (κ3) is 4.76. The molecule has 2 N–H and O–H groups in total. The van der Waals surface area contributed by atoms with Crippen molar-refractivity contribution in [3.8, 4) is 0 Å². The summed E-state index contributed by atoms with van der Waals surface area (Å²) in [7, 11) is 0. The first kappa shape index (κ1) is 19.8. The van der Waals surface area contributed by atoms with Gasteiger partial charge in [0.05, 0.1) is 23.5 Å². The van der Waals surface area contributed by atoms with Gasteiger partial charge in [-0.1, -0.05) is 18.7 Å². The molecule has 2 heterocycles. The molecule has 2 aromatic heterocycles. The molecule has 2 aromatic rings. The lowest BCUT2D eigenvalue weighted by Crippen LogP contribution is -2.39. The number of hydrogen-bond donors (Lipinski definition) is 2. The van der Waals surface area contributed by atoms with Gasteiger partial charge in [-0.25, -0.2) is 14.6 Å². The SMILES string of the molecule is CCCNc1nc(SC)nc2c1cnn2CCNC(=O)C(C)(C)CCl. The predicted molar refractivity (Wildman–Crippen MR) is 103 cm³/mol. The quantitative estimate of drug-likeness (QED) is 0.393. The first-order chi connectivity index (χ1) is 11.9. The standard InChI is InChI=1S/C16H25ClN6OS/c1-5-6-18-12-11-9-20-23(13(11)22-15(21-12)25-4)8-7-19-14(24)16(2,3)10-17/h9H,5-8,10H2,1-4H3,(H,19,24)(H,18,21,22). The van der Waals surface area contributed by atoms with Gasteiger partial charge in [0, 0.05) is 19.0 Å². The van der Waals surface area contributed by atoms with Crippen molar-refractivity contribution in [1.29, 1.82) is 0 Å². The van der Waals surface area contributed by atoms with Gasteiger partial charge in [0.15, 0.2) is 10.8 Å². The van der Waals surface area contributed by atoms with E-state index in [1.807, 2.05) is 20.1 Å². The number of aromatic nitrogens is 4. The fourth-order valence-corrected chi connectivity index (χ4v) is 2.63. The molecule has 25 heavy (non-hydrogen) atoms. The first-order valence-electron chi connectivity index (χ1n) is 8.28. The molecule has 0 aliphatic heterocycles. The van der Waals surface area contributed by atoms with Crippen LogP contribution in [-0.4, -0.2) is 50.9 Å². The molecule has 0 aromatic carbocycles. The van der Waals surface area contributed by atoms with Crippen molar-refractivity contribution < 1.29 is 4.79 Å². The van der Waals surface area contributed by atoms with Crippen molar-refractivity contribution in [2.45, 2.75) is 38.9 Å². The highest BCUT2D eigenvalue weighted by Crippen LogP contribution is 2.23. The van der Waals surface area contributed by atoms with E-state index >= 15 is 0 Å². The number of amides is 1. The van der Waals surface area contributed by atoms with E-state index < -0.39 is 5.41 Å². The molecule has 9 heteroatoms. The number of carbonyl (C=O) groups excluding carboxylic acids is 1. The Morgan fingerprint density at radius 3 is 2.76 bits per heavy atom. The molecule has 0 spiro atoms. The number of thioether (sulfide) groups is 1. The van der Waals surface area contributed by atoms with Crippen LogP contribution in [0.1, 0.15) is 27.2 Å². The summed E-state index contributed by atoms with van der Waals surface area (Å²) in [6.07, 6.45) is 4.72. The summed E-state index contributed by atoms with van der Waals surface area (Å²) in [4.78, 5) is 21.2. The van der Waals surface area contributed by atoms with Gasteiger partial charge in [0.25, 0.3) is 0 Å². The predicted octanol–water partition coefficient (Wildman–Crippen LogP) is 2.75. The van der Waals surface area contributed by atoms with Gasteiger partial charge in [0.1, 0.15) is 5.82 Å². The number of nitrogens with zero attached hydrogens (tertiary/aromatic N) is 4. The Labute approximate surface area is 157 Å². The third-order valence-corrected chi connectivity index (χ3v) is 4.97. The Balaban J connectivity index is 2.15. The van der Waals surface area contributed by atoms with Crippen LogP contribution in [0, 0.1) is 5.41 Å². The van der Waals surface area contributed by atoms with Gasteiger partial charge >= 0.3 is 0 Å². The summed E-state index contributed by atoms with van der Waals surface area (Å²) in [5.74, 6) is 1.01. The van der Waals surface area contributed by atoms with Gasteiger partial charge in [-0.2, -0.15) is 5.10 Å². The number of anilines is 1. The van der Waals surface area contributed by atoms with E-state index in [-0.39, 0.29) is 11.8 Å². The third-order valence-electron chi connectivity index (χ3n) is 3.76. The average Bonchev–Trinajstić information content (AvgIpc) is 3.02. The van der Waals surface area contributed by atoms with Crippen LogP contribution in [0.2, 0.25) is 0 Å². The summed E-state index contributed by atoms with van der Waals surface area (Å²) in [5, 5.41) is 12.2. The van der Waals surface area contributed by atoms with Crippen LogP contribution < -0.4 is 10.6 Å². The van der Waals surface area contributed by atoms with Crippen molar-refractivity contribution in [2.75, 3.05) is 30.5 Å². The lowest BCUT2D eigenvalue weighted by Gasteiger charge is -2.20. The molecule has 0 atom stereocenters. The Hall–Kier alpha value is -1.54. The number of nitrogens with one attached hydrogen (secondary N) is 2. The fraction of sp³-hybridized carbons (Fsp3) is 0.625. The second-order valence-corrected chi connectivity index (χ2v) is 7.40.